The average Bonchev–Trinajstić information content (AvgIpc) is 3.34. The molecular formula is C22H27N4O+. The van der Waals surface area contributed by atoms with Crippen LogP contribution < -0.4 is 4.90 Å². The van der Waals surface area contributed by atoms with Crippen molar-refractivity contribution in [1.82, 2.24) is 14.5 Å². The molecule has 1 aliphatic rings. The number of likely N-dealkylation sites (tertiary alicyclic amines) is 1. The highest BCUT2D eigenvalue weighted by molar-refractivity contribution is 5.94. The number of carbonyl (C=O) groups is 1. The predicted octanol–water partition coefficient (Wildman–Crippen LogP) is 1.89. The Balaban J connectivity index is 1.57. The number of aromatic nitrogens is 2. The van der Waals surface area contributed by atoms with E-state index in [1.54, 1.807) is 29.4 Å². The van der Waals surface area contributed by atoms with Crippen molar-refractivity contribution >= 4 is 16.8 Å². The van der Waals surface area contributed by atoms with Gasteiger partial charge in [-0.3, -0.25) is 9.78 Å². The second-order valence-corrected chi connectivity index (χ2v) is 7.42. The molecule has 27 heavy (non-hydrogen) atoms. The fourth-order valence-corrected chi connectivity index (χ4v) is 4.04. The minimum Gasteiger partial charge on any atom is -0.346 e. The second-order valence-electron chi connectivity index (χ2n) is 7.42. The first-order valence-electron chi connectivity index (χ1n) is 9.78. The van der Waals surface area contributed by atoms with E-state index in [0.29, 0.717) is 12.1 Å². The third-order valence-corrected chi connectivity index (χ3v) is 5.66. The van der Waals surface area contributed by atoms with E-state index < -0.39 is 0 Å². The van der Waals surface area contributed by atoms with Gasteiger partial charge in [0.15, 0.2) is 0 Å². The van der Waals surface area contributed by atoms with Gasteiger partial charge in [-0.25, -0.2) is 0 Å². The summed E-state index contributed by atoms with van der Waals surface area (Å²) >= 11 is 0. The standard InChI is InChI=1S/C22H26N4O/c1-24-20(16-19-6-2-3-7-21(19)24)17-26(15-14-25-12-4-5-13-25)22(27)18-8-10-23-11-9-18/h2-3,6-11,16H,4-5,12-15,17H2,1H3/p+1. The van der Waals surface area contributed by atoms with Gasteiger partial charge in [0, 0.05) is 49.1 Å². The maximum atomic E-state index is 13.2. The summed E-state index contributed by atoms with van der Waals surface area (Å²) in [5, 5.41) is 1.22. The van der Waals surface area contributed by atoms with Crippen LogP contribution in [0.25, 0.3) is 10.9 Å². The van der Waals surface area contributed by atoms with Crippen LogP contribution in [-0.2, 0) is 13.6 Å². The third kappa shape index (κ3) is 3.88. The molecule has 2 aromatic heterocycles. The van der Waals surface area contributed by atoms with Gasteiger partial charge >= 0.3 is 0 Å². The Morgan fingerprint density at radius 1 is 1.15 bits per heavy atom. The number of quaternary nitrogens is 1. The number of aryl methyl sites for hydroxylation is 1. The number of nitrogens with zero attached hydrogens (tertiary/aromatic N) is 3. The van der Waals surface area contributed by atoms with Crippen molar-refractivity contribution in [1.29, 1.82) is 0 Å². The zero-order valence-electron chi connectivity index (χ0n) is 15.9. The zero-order valence-corrected chi connectivity index (χ0v) is 15.9. The van der Waals surface area contributed by atoms with Crippen LogP contribution in [0, 0.1) is 0 Å². The number of benzene rings is 1. The molecule has 1 fully saturated rings. The van der Waals surface area contributed by atoms with Crippen LogP contribution >= 0.6 is 0 Å². The van der Waals surface area contributed by atoms with Crippen molar-refractivity contribution in [2.24, 2.45) is 7.05 Å². The molecule has 1 N–H and O–H groups in total. The highest BCUT2D eigenvalue weighted by Gasteiger charge is 2.22. The molecule has 0 bridgehead atoms. The average molecular weight is 363 g/mol. The third-order valence-electron chi connectivity index (χ3n) is 5.66. The van der Waals surface area contributed by atoms with Crippen LogP contribution in [0.1, 0.15) is 28.9 Å². The number of hydrogen-bond acceptors (Lipinski definition) is 2. The monoisotopic (exact) mass is 363 g/mol. The lowest BCUT2D eigenvalue weighted by molar-refractivity contribution is -0.886. The van der Waals surface area contributed by atoms with E-state index in [4.69, 9.17) is 0 Å². The number of rotatable bonds is 6. The van der Waals surface area contributed by atoms with Crippen molar-refractivity contribution < 1.29 is 9.69 Å². The highest BCUT2D eigenvalue weighted by Crippen LogP contribution is 2.20. The van der Waals surface area contributed by atoms with Crippen molar-refractivity contribution in [3.8, 4) is 0 Å². The second kappa shape index (κ2) is 7.92. The zero-order chi connectivity index (χ0) is 18.6. The molecular weight excluding hydrogens is 336 g/mol. The van der Waals surface area contributed by atoms with Gasteiger partial charge in [0.25, 0.3) is 5.91 Å². The molecule has 0 aliphatic carbocycles. The van der Waals surface area contributed by atoms with Crippen LogP contribution in [-0.4, -0.2) is 46.5 Å². The number of nitrogens with one attached hydrogen (secondary N) is 1. The van der Waals surface area contributed by atoms with E-state index in [-0.39, 0.29) is 5.91 Å². The summed E-state index contributed by atoms with van der Waals surface area (Å²) in [4.78, 5) is 20.8. The van der Waals surface area contributed by atoms with Gasteiger partial charge in [-0.05, 0) is 29.7 Å². The van der Waals surface area contributed by atoms with E-state index in [9.17, 15) is 4.79 Å². The molecule has 1 saturated heterocycles. The van der Waals surface area contributed by atoms with Gasteiger partial charge in [0.2, 0.25) is 0 Å². The van der Waals surface area contributed by atoms with Crippen molar-refractivity contribution in [2.45, 2.75) is 19.4 Å². The van der Waals surface area contributed by atoms with E-state index in [2.05, 4.69) is 46.9 Å². The molecule has 3 aromatic rings. The molecule has 0 unspecified atom stereocenters. The predicted molar refractivity (Wildman–Crippen MR) is 107 cm³/mol. The number of pyridine rings is 1. The fraction of sp³-hybridized carbons (Fsp3) is 0.364. The normalized spacial score (nSPS) is 14.7. The lowest BCUT2D eigenvalue weighted by Gasteiger charge is -2.24. The van der Waals surface area contributed by atoms with Crippen LogP contribution in [0.2, 0.25) is 0 Å². The van der Waals surface area contributed by atoms with Gasteiger partial charge in [0.1, 0.15) is 0 Å². The lowest BCUT2D eigenvalue weighted by Crippen LogP contribution is -3.10. The van der Waals surface area contributed by atoms with Crippen LogP contribution in [0.3, 0.4) is 0 Å². The molecule has 1 amide bonds. The Morgan fingerprint density at radius 3 is 2.63 bits per heavy atom. The molecule has 0 spiro atoms. The first kappa shape index (κ1) is 17.7. The summed E-state index contributed by atoms with van der Waals surface area (Å²) in [7, 11) is 2.08. The minimum absolute atomic E-state index is 0.0845. The summed E-state index contributed by atoms with van der Waals surface area (Å²) in [5.41, 5.74) is 3.07. The van der Waals surface area contributed by atoms with Crippen molar-refractivity contribution in [2.75, 3.05) is 26.2 Å². The van der Waals surface area contributed by atoms with Gasteiger partial charge < -0.3 is 14.4 Å². The summed E-state index contributed by atoms with van der Waals surface area (Å²) < 4.78 is 2.20. The number of amides is 1. The molecule has 140 valence electrons. The van der Waals surface area contributed by atoms with Crippen LogP contribution in [0.5, 0.6) is 0 Å². The maximum Gasteiger partial charge on any atom is 0.254 e. The lowest BCUT2D eigenvalue weighted by atomic mass is 10.2. The van der Waals surface area contributed by atoms with Crippen molar-refractivity contribution in [3.63, 3.8) is 0 Å². The summed E-state index contributed by atoms with van der Waals surface area (Å²) in [6.45, 7) is 4.87. The molecule has 0 radical (unpaired) electrons. The van der Waals surface area contributed by atoms with Gasteiger partial charge in [-0.15, -0.1) is 0 Å². The molecule has 0 saturated carbocycles. The molecule has 0 atom stereocenters. The summed E-state index contributed by atoms with van der Waals surface area (Å²) in [6.07, 6.45) is 5.98. The first-order valence-corrected chi connectivity index (χ1v) is 9.78. The maximum absolute atomic E-state index is 13.2. The summed E-state index contributed by atoms with van der Waals surface area (Å²) in [5.74, 6) is 0.0845. The Hall–Kier alpha value is -2.66. The van der Waals surface area contributed by atoms with Crippen LogP contribution in [0.15, 0.2) is 54.9 Å². The van der Waals surface area contributed by atoms with Crippen LogP contribution in [0.4, 0.5) is 0 Å². The molecule has 1 aliphatic heterocycles. The Bertz CT molecular complexity index is 912. The van der Waals surface area contributed by atoms with Gasteiger partial charge in [-0.2, -0.15) is 0 Å². The quantitative estimate of drug-likeness (QED) is 0.727. The van der Waals surface area contributed by atoms with E-state index in [1.165, 1.54) is 36.8 Å². The highest BCUT2D eigenvalue weighted by atomic mass is 16.2. The fourth-order valence-electron chi connectivity index (χ4n) is 4.04. The molecule has 4 rings (SSSR count). The molecule has 3 heterocycles. The van der Waals surface area contributed by atoms with Gasteiger partial charge in [0.05, 0.1) is 32.7 Å². The van der Waals surface area contributed by atoms with E-state index in [0.717, 1.165) is 18.8 Å². The molecule has 5 nitrogen and oxygen atoms in total. The molecule has 5 heteroatoms. The number of para-hydroxylation sites is 1. The smallest absolute Gasteiger partial charge is 0.254 e. The number of hydrogen-bond donors (Lipinski definition) is 1. The van der Waals surface area contributed by atoms with E-state index >= 15 is 0 Å². The SMILES string of the molecule is Cn1c(CN(CC[NH+]2CCCC2)C(=O)c2ccncc2)cc2ccccc21. The topological polar surface area (TPSA) is 42.6 Å². The van der Waals surface area contributed by atoms with E-state index in [1.807, 2.05) is 4.90 Å². The van der Waals surface area contributed by atoms with Gasteiger partial charge in [-0.1, -0.05) is 18.2 Å². The number of fused-ring (bicyclic) bond motifs is 1. The number of carbonyl (C=O) groups excluding carboxylic acids is 1. The van der Waals surface area contributed by atoms with Crippen molar-refractivity contribution in [3.05, 3.63) is 66.1 Å². The minimum atomic E-state index is 0.0845. The molecule has 1 aromatic carbocycles. The Kier molecular flexibility index (Phi) is 5.21. The Labute approximate surface area is 160 Å². The largest absolute Gasteiger partial charge is 0.346 e. The Morgan fingerprint density at radius 2 is 1.89 bits per heavy atom. The first-order chi connectivity index (χ1) is 13.2. The summed E-state index contributed by atoms with van der Waals surface area (Å²) in [6, 6.07) is 14.2.